The number of carbonyl (C=O) groups is 1. The Hall–Kier alpha value is -2.15. The summed E-state index contributed by atoms with van der Waals surface area (Å²) in [5.74, 6) is -0.694. The smallest absolute Gasteiger partial charge is 0.337 e. The van der Waals surface area contributed by atoms with Crippen molar-refractivity contribution in [1.82, 2.24) is 4.98 Å². The average Bonchev–Trinajstić information content (AvgIpc) is 2.85. The number of aromatic nitrogens is 1. The minimum atomic E-state index is -2.98. The van der Waals surface area contributed by atoms with Gasteiger partial charge < -0.3 is 10.0 Å². The lowest BCUT2D eigenvalue weighted by molar-refractivity contribution is 0.0699. The highest BCUT2D eigenvalue weighted by Crippen LogP contribution is 2.31. The van der Waals surface area contributed by atoms with E-state index in [0.29, 0.717) is 17.6 Å². The van der Waals surface area contributed by atoms with Crippen molar-refractivity contribution >= 4 is 32.4 Å². The topological polar surface area (TPSA) is 87.6 Å². The molecule has 1 aliphatic rings. The number of carboxylic acids is 1. The molecular formula is C16H18N2O4S. The van der Waals surface area contributed by atoms with Crippen molar-refractivity contribution in [3.05, 3.63) is 35.5 Å². The minimum Gasteiger partial charge on any atom is -0.478 e. The molecule has 0 radical (unpaired) electrons. The van der Waals surface area contributed by atoms with E-state index in [-0.39, 0.29) is 23.1 Å². The Morgan fingerprint density at radius 1 is 1.39 bits per heavy atom. The molecule has 0 spiro atoms. The van der Waals surface area contributed by atoms with Crippen LogP contribution in [0.2, 0.25) is 0 Å². The second-order valence-electron chi connectivity index (χ2n) is 5.96. The minimum absolute atomic E-state index is 0.0986. The molecule has 3 rings (SSSR count). The molecule has 0 aliphatic carbocycles. The fraction of sp³-hybridized carbons (Fsp3) is 0.375. The van der Waals surface area contributed by atoms with Gasteiger partial charge >= 0.3 is 5.97 Å². The predicted molar refractivity (Wildman–Crippen MR) is 88.9 cm³/mol. The largest absolute Gasteiger partial charge is 0.478 e. The van der Waals surface area contributed by atoms with Gasteiger partial charge in [-0.2, -0.15) is 0 Å². The molecule has 0 amide bonds. The fourth-order valence-corrected chi connectivity index (χ4v) is 4.87. The summed E-state index contributed by atoms with van der Waals surface area (Å²) >= 11 is 0. The van der Waals surface area contributed by atoms with E-state index in [2.05, 4.69) is 4.98 Å². The van der Waals surface area contributed by atoms with Gasteiger partial charge in [-0.25, -0.2) is 13.2 Å². The number of aromatic carboxylic acids is 1. The number of hydrogen-bond donors (Lipinski definition) is 1. The van der Waals surface area contributed by atoms with Crippen molar-refractivity contribution in [2.75, 3.05) is 23.5 Å². The number of hydrogen-bond acceptors (Lipinski definition) is 5. The van der Waals surface area contributed by atoms with Gasteiger partial charge in [-0.1, -0.05) is 12.1 Å². The molecule has 0 unspecified atom stereocenters. The zero-order chi connectivity index (χ0) is 16.8. The van der Waals surface area contributed by atoms with Crippen LogP contribution in [0, 0.1) is 6.92 Å². The van der Waals surface area contributed by atoms with E-state index < -0.39 is 15.8 Å². The quantitative estimate of drug-likeness (QED) is 0.922. The molecule has 7 heteroatoms. The molecule has 0 saturated carbocycles. The van der Waals surface area contributed by atoms with Crippen LogP contribution in [0.25, 0.3) is 10.9 Å². The number of sulfone groups is 1. The van der Waals surface area contributed by atoms with Crippen LogP contribution >= 0.6 is 0 Å². The van der Waals surface area contributed by atoms with Gasteiger partial charge in [0.25, 0.3) is 0 Å². The average molecular weight is 334 g/mol. The zero-order valence-corrected chi connectivity index (χ0v) is 13.8. The predicted octanol–water partition coefficient (Wildman–Crippen LogP) is 1.86. The summed E-state index contributed by atoms with van der Waals surface area (Å²) in [5.41, 5.74) is 2.11. The molecule has 1 fully saturated rings. The first-order chi connectivity index (χ1) is 10.8. The Balaban J connectivity index is 2.14. The van der Waals surface area contributed by atoms with Gasteiger partial charge in [0.05, 0.1) is 22.6 Å². The van der Waals surface area contributed by atoms with E-state index in [9.17, 15) is 18.3 Å². The summed E-state index contributed by atoms with van der Waals surface area (Å²) < 4.78 is 23.5. The highest BCUT2D eigenvalue weighted by Gasteiger charge is 2.31. The third-order valence-corrected chi connectivity index (χ3v) is 6.06. The number of fused-ring (bicyclic) bond motifs is 1. The Morgan fingerprint density at radius 2 is 2.13 bits per heavy atom. The van der Waals surface area contributed by atoms with Crippen LogP contribution in [-0.4, -0.2) is 49.1 Å². The maximum Gasteiger partial charge on any atom is 0.337 e. The third-order valence-electron chi connectivity index (χ3n) is 4.31. The van der Waals surface area contributed by atoms with Gasteiger partial charge in [0.15, 0.2) is 9.84 Å². The summed E-state index contributed by atoms with van der Waals surface area (Å²) in [4.78, 5) is 17.7. The van der Waals surface area contributed by atoms with Crippen molar-refractivity contribution in [2.45, 2.75) is 19.4 Å². The number of aryl methyl sites for hydroxylation is 1. The first kappa shape index (κ1) is 15.7. The molecular weight excluding hydrogens is 316 g/mol. The molecule has 2 aromatic rings. The highest BCUT2D eigenvalue weighted by atomic mass is 32.2. The number of nitrogens with zero attached hydrogens (tertiary/aromatic N) is 2. The molecule has 2 heterocycles. The maximum atomic E-state index is 11.7. The van der Waals surface area contributed by atoms with Gasteiger partial charge in [-0.05, 0) is 25.5 Å². The second-order valence-corrected chi connectivity index (χ2v) is 8.19. The highest BCUT2D eigenvalue weighted by molar-refractivity contribution is 7.91. The van der Waals surface area contributed by atoms with Crippen LogP contribution in [-0.2, 0) is 9.84 Å². The Labute approximate surface area is 134 Å². The Bertz CT molecular complexity index is 892. The van der Waals surface area contributed by atoms with Gasteiger partial charge in [0, 0.05) is 29.9 Å². The van der Waals surface area contributed by atoms with Crippen LogP contribution in [0.15, 0.2) is 24.3 Å². The van der Waals surface area contributed by atoms with Gasteiger partial charge in [-0.3, -0.25) is 4.98 Å². The fourth-order valence-electron chi connectivity index (χ4n) is 3.10. The maximum absolute atomic E-state index is 11.7. The first-order valence-electron chi connectivity index (χ1n) is 7.35. The summed E-state index contributed by atoms with van der Waals surface area (Å²) in [6.45, 7) is 1.81. The Kier molecular flexibility index (Phi) is 3.75. The molecule has 1 aliphatic heterocycles. The number of pyridine rings is 1. The van der Waals surface area contributed by atoms with E-state index in [1.807, 2.05) is 24.1 Å². The van der Waals surface area contributed by atoms with Crippen molar-refractivity contribution in [1.29, 1.82) is 0 Å². The van der Waals surface area contributed by atoms with E-state index in [1.54, 1.807) is 13.0 Å². The number of benzene rings is 1. The van der Waals surface area contributed by atoms with Crippen LogP contribution in [0.4, 0.5) is 5.69 Å². The van der Waals surface area contributed by atoms with E-state index in [4.69, 9.17) is 0 Å². The molecule has 1 aromatic carbocycles. The third kappa shape index (κ3) is 2.88. The molecule has 1 aromatic heterocycles. The molecule has 0 bridgehead atoms. The SMILES string of the molecule is Cc1cc(N(C)[C@@H]2CCS(=O)(=O)C2)c2cccc(C(=O)O)c2n1. The van der Waals surface area contributed by atoms with Crippen LogP contribution in [0.3, 0.4) is 0 Å². The van der Waals surface area contributed by atoms with Crippen molar-refractivity contribution in [2.24, 2.45) is 0 Å². The standard InChI is InChI=1S/C16H18N2O4S/c1-10-8-14(18(2)11-6-7-23(21,22)9-11)12-4-3-5-13(16(19)20)15(12)17-10/h3-5,8,11H,6-7,9H2,1-2H3,(H,19,20)/t11-/m1/s1. The summed E-state index contributed by atoms with van der Waals surface area (Å²) in [6.07, 6.45) is 0.584. The lowest BCUT2D eigenvalue weighted by Crippen LogP contribution is -2.32. The lowest BCUT2D eigenvalue weighted by Gasteiger charge is -2.27. The molecule has 1 N–H and O–H groups in total. The summed E-state index contributed by atoms with van der Waals surface area (Å²) in [6, 6.07) is 6.81. The Morgan fingerprint density at radius 3 is 2.74 bits per heavy atom. The number of anilines is 1. The molecule has 1 saturated heterocycles. The zero-order valence-electron chi connectivity index (χ0n) is 13.0. The van der Waals surface area contributed by atoms with Crippen molar-refractivity contribution in [3.8, 4) is 0 Å². The van der Waals surface area contributed by atoms with E-state index in [0.717, 1.165) is 11.1 Å². The van der Waals surface area contributed by atoms with Gasteiger partial charge in [-0.15, -0.1) is 0 Å². The normalized spacial score (nSPS) is 19.8. The van der Waals surface area contributed by atoms with Crippen LogP contribution in [0.5, 0.6) is 0 Å². The van der Waals surface area contributed by atoms with E-state index in [1.165, 1.54) is 6.07 Å². The summed E-state index contributed by atoms with van der Waals surface area (Å²) in [5, 5.41) is 10.1. The van der Waals surface area contributed by atoms with Gasteiger partial charge in [0.2, 0.25) is 0 Å². The lowest BCUT2D eigenvalue weighted by atomic mass is 10.1. The number of carboxylic acid groups (broad SMARTS) is 1. The van der Waals surface area contributed by atoms with E-state index >= 15 is 0 Å². The molecule has 6 nitrogen and oxygen atoms in total. The molecule has 122 valence electrons. The van der Waals surface area contributed by atoms with Crippen molar-refractivity contribution in [3.63, 3.8) is 0 Å². The monoisotopic (exact) mass is 334 g/mol. The van der Waals surface area contributed by atoms with Crippen LogP contribution in [0.1, 0.15) is 22.5 Å². The summed E-state index contributed by atoms with van der Waals surface area (Å²) in [7, 11) is -1.13. The number of para-hydroxylation sites is 1. The second kappa shape index (κ2) is 5.49. The number of rotatable bonds is 3. The molecule has 23 heavy (non-hydrogen) atoms. The first-order valence-corrected chi connectivity index (χ1v) is 9.17. The van der Waals surface area contributed by atoms with Crippen LogP contribution < -0.4 is 4.90 Å². The van der Waals surface area contributed by atoms with Gasteiger partial charge in [0.1, 0.15) is 0 Å². The van der Waals surface area contributed by atoms with Crippen molar-refractivity contribution < 1.29 is 18.3 Å². The molecule has 1 atom stereocenters.